The fraction of sp³-hybridized carbons (Fsp3) is 0.143. The van der Waals surface area contributed by atoms with Crippen LogP contribution in [-0.4, -0.2) is 33.0 Å². The quantitative estimate of drug-likeness (QED) is 0.438. The van der Waals surface area contributed by atoms with Crippen molar-refractivity contribution in [3.05, 3.63) is 76.8 Å². The first-order chi connectivity index (χ1) is 15.8. The minimum Gasteiger partial charge on any atom is -0.480 e. The number of nitrogens with zero attached hydrogens (tertiary/aromatic N) is 4. The average molecular weight is 478 g/mol. The summed E-state index contributed by atoms with van der Waals surface area (Å²) in [6.07, 6.45) is -4.05. The lowest BCUT2D eigenvalue weighted by atomic mass is 10.2. The Bertz CT molecular complexity index is 1270. The highest BCUT2D eigenvalue weighted by molar-refractivity contribution is 6.30. The lowest BCUT2D eigenvalue weighted by Crippen LogP contribution is -2.26. The number of furan rings is 1. The Kier molecular flexibility index (Phi) is 6.05. The van der Waals surface area contributed by atoms with Crippen molar-refractivity contribution >= 4 is 17.5 Å². The van der Waals surface area contributed by atoms with E-state index in [1.54, 1.807) is 36.4 Å². The zero-order chi connectivity index (χ0) is 23.6. The van der Waals surface area contributed by atoms with Crippen molar-refractivity contribution in [1.82, 2.24) is 25.3 Å². The van der Waals surface area contributed by atoms with Crippen LogP contribution in [0.25, 0.3) is 17.1 Å². The fourth-order valence-corrected chi connectivity index (χ4v) is 3.13. The van der Waals surface area contributed by atoms with E-state index in [1.807, 2.05) is 0 Å². The number of ether oxygens (including phenoxy) is 1. The van der Waals surface area contributed by atoms with Crippen LogP contribution in [0.4, 0.5) is 13.2 Å². The van der Waals surface area contributed by atoms with Crippen LogP contribution in [0.3, 0.4) is 0 Å². The molecular weight excluding hydrogens is 463 g/mol. The molecule has 0 spiro atoms. The molecule has 0 saturated heterocycles. The summed E-state index contributed by atoms with van der Waals surface area (Å²) in [4.78, 5) is 12.6. The van der Waals surface area contributed by atoms with Crippen LogP contribution in [0, 0.1) is 0 Å². The van der Waals surface area contributed by atoms with Gasteiger partial charge in [-0.2, -0.15) is 18.3 Å². The number of amides is 1. The second-order valence-electron chi connectivity index (χ2n) is 6.71. The summed E-state index contributed by atoms with van der Waals surface area (Å²) in [7, 11) is 1.35. The van der Waals surface area contributed by atoms with Gasteiger partial charge in [-0.3, -0.25) is 4.79 Å². The Hall–Kier alpha value is -3.86. The third-order valence-corrected chi connectivity index (χ3v) is 4.80. The largest absolute Gasteiger partial charge is 0.480 e. The molecule has 0 saturated carbocycles. The first-order valence-electron chi connectivity index (χ1n) is 9.42. The third kappa shape index (κ3) is 4.82. The van der Waals surface area contributed by atoms with Crippen LogP contribution in [0.5, 0.6) is 5.88 Å². The number of carbonyl (C=O) groups is 1. The number of rotatable bonds is 6. The molecule has 0 unspecified atom stereocenters. The van der Waals surface area contributed by atoms with E-state index >= 15 is 0 Å². The molecule has 0 radical (unpaired) electrons. The van der Waals surface area contributed by atoms with Crippen LogP contribution in [0.1, 0.15) is 21.8 Å². The Morgan fingerprint density at radius 2 is 1.88 bits per heavy atom. The van der Waals surface area contributed by atoms with Gasteiger partial charge in [-0.05, 0) is 42.5 Å². The molecule has 0 atom stereocenters. The molecule has 0 aliphatic rings. The van der Waals surface area contributed by atoms with Crippen LogP contribution < -0.4 is 10.1 Å². The number of aromatic nitrogens is 4. The average Bonchev–Trinajstić information content (AvgIpc) is 3.46. The second kappa shape index (κ2) is 8.94. The van der Waals surface area contributed by atoms with Crippen molar-refractivity contribution in [2.75, 3.05) is 7.11 Å². The molecule has 12 heteroatoms. The maximum atomic E-state index is 13.8. The predicted octanol–water partition coefficient (Wildman–Crippen LogP) is 4.53. The number of carbonyl (C=O) groups excluding carboxylic acids is 1. The van der Waals surface area contributed by atoms with Crippen molar-refractivity contribution in [3.8, 4) is 23.0 Å². The molecule has 0 fully saturated rings. The summed E-state index contributed by atoms with van der Waals surface area (Å²) in [6, 6.07) is 12.8. The summed E-state index contributed by atoms with van der Waals surface area (Å²) >= 11 is 5.87. The molecule has 3 heterocycles. The van der Waals surface area contributed by atoms with E-state index in [1.165, 1.54) is 19.2 Å². The third-order valence-electron chi connectivity index (χ3n) is 4.55. The van der Waals surface area contributed by atoms with Crippen molar-refractivity contribution in [1.29, 1.82) is 0 Å². The summed E-state index contributed by atoms with van der Waals surface area (Å²) < 4.78 is 52.3. The maximum Gasteiger partial charge on any atom is 0.434 e. The molecule has 170 valence electrons. The minimum atomic E-state index is -4.88. The first-order valence-corrected chi connectivity index (χ1v) is 9.80. The number of benzene rings is 1. The van der Waals surface area contributed by atoms with Crippen molar-refractivity contribution in [2.45, 2.75) is 12.7 Å². The van der Waals surface area contributed by atoms with Gasteiger partial charge in [0, 0.05) is 16.7 Å². The fourth-order valence-electron chi connectivity index (χ4n) is 3.00. The van der Waals surface area contributed by atoms with Crippen molar-refractivity contribution < 1.29 is 27.1 Å². The molecule has 1 aromatic carbocycles. The zero-order valence-electron chi connectivity index (χ0n) is 16.9. The monoisotopic (exact) mass is 477 g/mol. The Labute approximate surface area is 189 Å². The molecule has 4 aromatic rings. The van der Waals surface area contributed by atoms with E-state index < -0.39 is 23.3 Å². The molecule has 3 aromatic heterocycles. The van der Waals surface area contributed by atoms with Gasteiger partial charge in [-0.1, -0.05) is 11.6 Å². The standard InChI is InChI=1S/C21H15ClF3N5O3/c1-32-18-9-8-17(28-29-18)30-19(21(23,24)25)15(11-27-30)20(31)26-10-14-6-7-16(33-14)12-2-4-13(22)5-3-12/h2-9,11H,10H2,1H3,(H,26,31). The molecule has 1 N–H and O–H groups in total. The molecule has 0 aliphatic heterocycles. The van der Waals surface area contributed by atoms with E-state index in [2.05, 4.69) is 20.6 Å². The molecule has 0 bridgehead atoms. The van der Waals surface area contributed by atoms with Crippen molar-refractivity contribution in [3.63, 3.8) is 0 Å². The van der Waals surface area contributed by atoms with Gasteiger partial charge in [0.1, 0.15) is 11.5 Å². The highest BCUT2D eigenvalue weighted by atomic mass is 35.5. The Morgan fingerprint density at radius 1 is 1.12 bits per heavy atom. The summed E-state index contributed by atoms with van der Waals surface area (Å²) in [5.74, 6) is -0.192. The predicted molar refractivity (Wildman–Crippen MR) is 111 cm³/mol. The Balaban J connectivity index is 1.53. The summed E-state index contributed by atoms with van der Waals surface area (Å²) in [6.45, 7) is -0.128. The van der Waals surface area contributed by atoms with Gasteiger partial charge >= 0.3 is 6.18 Å². The van der Waals surface area contributed by atoms with Crippen LogP contribution in [0.2, 0.25) is 5.02 Å². The van der Waals surface area contributed by atoms with Crippen LogP contribution in [-0.2, 0) is 12.7 Å². The smallest absolute Gasteiger partial charge is 0.434 e. The minimum absolute atomic E-state index is 0.119. The number of hydrogen-bond donors (Lipinski definition) is 1. The maximum absolute atomic E-state index is 13.8. The van der Waals surface area contributed by atoms with Gasteiger partial charge in [-0.15, -0.1) is 10.2 Å². The molecule has 8 nitrogen and oxygen atoms in total. The molecular formula is C21H15ClF3N5O3. The number of methoxy groups -OCH3 is 1. The van der Waals surface area contributed by atoms with Gasteiger partial charge in [0.25, 0.3) is 5.91 Å². The van der Waals surface area contributed by atoms with E-state index in [0.29, 0.717) is 21.2 Å². The topological polar surface area (TPSA) is 95.1 Å². The summed E-state index contributed by atoms with van der Waals surface area (Å²) in [5, 5.41) is 14.0. The van der Waals surface area contributed by atoms with Gasteiger partial charge in [0.2, 0.25) is 5.88 Å². The summed E-state index contributed by atoms with van der Waals surface area (Å²) in [5.41, 5.74) is -1.18. The van der Waals surface area contributed by atoms with Gasteiger partial charge in [0.15, 0.2) is 11.5 Å². The van der Waals surface area contributed by atoms with E-state index in [0.717, 1.165) is 11.8 Å². The van der Waals surface area contributed by atoms with Crippen LogP contribution >= 0.6 is 11.6 Å². The highest BCUT2D eigenvalue weighted by Crippen LogP contribution is 2.33. The van der Waals surface area contributed by atoms with Crippen LogP contribution in [0.15, 0.2) is 59.1 Å². The number of nitrogens with one attached hydrogen (secondary N) is 1. The molecule has 0 aliphatic carbocycles. The number of hydrogen-bond acceptors (Lipinski definition) is 6. The number of halogens is 4. The zero-order valence-corrected chi connectivity index (χ0v) is 17.7. The lowest BCUT2D eigenvalue weighted by molar-refractivity contribution is -0.143. The van der Waals surface area contributed by atoms with E-state index in [4.69, 9.17) is 20.8 Å². The second-order valence-corrected chi connectivity index (χ2v) is 7.14. The highest BCUT2D eigenvalue weighted by Gasteiger charge is 2.41. The van der Waals surface area contributed by atoms with Gasteiger partial charge in [0.05, 0.1) is 25.4 Å². The normalized spacial score (nSPS) is 11.4. The molecule has 1 amide bonds. The first kappa shape index (κ1) is 22.3. The number of alkyl halides is 3. The van der Waals surface area contributed by atoms with E-state index in [9.17, 15) is 18.0 Å². The SMILES string of the molecule is COc1ccc(-n2ncc(C(=O)NCc3ccc(-c4ccc(Cl)cc4)o3)c2C(F)(F)F)nn1. The van der Waals surface area contributed by atoms with Crippen molar-refractivity contribution in [2.24, 2.45) is 0 Å². The van der Waals surface area contributed by atoms with Gasteiger partial charge in [-0.25, -0.2) is 4.68 Å². The van der Waals surface area contributed by atoms with Gasteiger partial charge < -0.3 is 14.5 Å². The van der Waals surface area contributed by atoms with E-state index in [-0.39, 0.29) is 18.2 Å². The molecule has 4 rings (SSSR count). The lowest BCUT2D eigenvalue weighted by Gasteiger charge is -2.12. The Morgan fingerprint density at radius 3 is 2.52 bits per heavy atom. The molecule has 33 heavy (non-hydrogen) atoms.